The van der Waals surface area contributed by atoms with Gasteiger partial charge < -0.3 is 15.4 Å². The van der Waals surface area contributed by atoms with Crippen molar-refractivity contribution in [2.75, 3.05) is 13.2 Å². The lowest BCUT2D eigenvalue weighted by Crippen LogP contribution is -2.41. The Morgan fingerprint density at radius 3 is 1.82 bits per heavy atom. The van der Waals surface area contributed by atoms with Crippen LogP contribution in [0.1, 0.15) is 137 Å². The van der Waals surface area contributed by atoms with E-state index in [1.54, 1.807) is 20.8 Å². The number of ether oxygens (including phenoxy) is 1. The zero-order chi connectivity index (χ0) is 25.5. The molecular formula is C27H54N2O5. The van der Waals surface area contributed by atoms with Gasteiger partial charge in [0, 0.05) is 13.0 Å². The van der Waals surface area contributed by atoms with E-state index in [2.05, 4.69) is 22.4 Å². The van der Waals surface area contributed by atoms with Gasteiger partial charge in [0.2, 0.25) is 5.91 Å². The number of rotatable bonds is 22. The van der Waals surface area contributed by atoms with E-state index >= 15 is 0 Å². The summed E-state index contributed by atoms with van der Waals surface area (Å²) in [6, 6.07) is -0.332. The molecule has 1 atom stereocenters. The van der Waals surface area contributed by atoms with E-state index in [-0.39, 0.29) is 18.6 Å². The molecule has 202 valence electrons. The third-order valence-electron chi connectivity index (χ3n) is 5.81. The molecule has 0 spiro atoms. The molecule has 0 aromatic heterocycles. The average molecular weight is 487 g/mol. The molecule has 7 nitrogen and oxygen atoms in total. The molecule has 2 amide bonds. The summed E-state index contributed by atoms with van der Waals surface area (Å²) in [5, 5.41) is 14.4. The van der Waals surface area contributed by atoms with Crippen LogP contribution in [0, 0.1) is 0 Å². The van der Waals surface area contributed by atoms with E-state index in [1.165, 1.54) is 70.6 Å². The van der Waals surface area contributed by atoms with Crippen molar-refractivity contribution in [3.05, 3.63) is 0 Å². The van der Waals surface area contributed by atoms with Crippen LogP contribution >= 0.6 is 0 Å². The maximum Gasteiger partial charge on any atom is 0.407 e. The van der Waals surface area contributed by atoms with Crippen molar-refractivity contribution in [1.82, 2.24) is 10.6 Å². The molecule has 0 rings (SSSR count). The molecule has 0 saturated carbocycles. The van der Waals surface area contributed by atoms with Gasteiger partial charge in [-0.05, 0) is 46.5 Å². The highest BCUT2D eigenvalue weighted by Crippen LogP contribution is 2.13. The predicted octanol–water partition coefficient (Wildman–Crippen LogP) is 7.14. The fourth-order valence-corrected chi connectivity index (χ4v) is 3.90. The summed E-state index contributed by atoms with van der Waals surface area (Å²) in [6.07, 6.45) is 19.3. The van der Waals surface area contributed by atoms with E-state index in [0.29, 0.717) is 19.4 Å². The summed E-state index contributed by atoms with van der Waals surface area (Å²) in [6.45, 7) is 8.28. The van der Waals surface area contributed by atoms with Crippen LogP contribution in [0.5, 0.6) is 0 Å². The molecule has 0 aromatic carbocycles. The lowest BCUT2D eigenvalue weighted by molar-refractivity contribution is -0.246. The molecule has 0 aliphatic heterocycles. The lowest BCUT2D eigenvalue weighted by Gasteiger charge is -2.23. The van der Waals surface area contributed by atoms with Gasteiger partial charge in [-0.2, -0.15) is 0 Å². The van der Waals surface area contributed by atoms with Crippen LogP contribution in [0.4, 0.5) is 4.79 Å². The monoisotopic (exact) mass is 486 g/mol. The minimum atomic E-state index is -0.577. The first-order chi connectivity index (χ1) is 16.3. The van der Waals surface area contributed by atoms with Crippen molar-refractivity contribution >= 4 is 12.0 Å². The predicted molar refractivity (Wildman–Crippen MR) is 139 cm³/mol. The van der Waals surface area contributed by atoms with E-state index in [4.69, 9.17) is 9.99 Å². The standard InChI is InChI=1S/C27H54N2O5/c1-5-6-7-8-9-10-11-12-13-14-15-16-17-21-25(30)28-22-19-18-20-24(23-33-32)29-26(31)34-27(2,3)4/h24,32H,5-23H2,1-4H3,(H,28,30)(H,29,31). The average Bonchev–Trinajstić information content (AvgIpc) is 2.75. The molecule has 1 unspecified atom stereocenters. The quantitative estimate of drug-likeness (QED) is 0.0858. The highest BCUT2D eigenvalue weighted by Gasteiger charge is 2.19. The summed E-state index contributed by atoms with van der Waals surface area (Å²) < 4.78 is 5.23. The molecule has 0 saturated heterocycles. The van der Waals surface area contributed by atoms with E-state index in [0.717, 1.165) is 25.7 Å². The van der Waals surface area contributed by atoms with Crippen LogP contribution in [0.25, 0.3) is 0 Å². The zero-order valence-electron chi connectivity index (χ0n) is 22.6. The Morgan fingerprint density at radius 1 is 0.794 bits per heavy atom. The molecule has 0 bridgehead atoms. The topological polar surface area (TPSA) is 96.9 Å². The van der Waals surface area contributed by atoms with Crippen LogP contribution in [0.15, 0.2) is 0 Å². The SMILES string of the molecule is CCCCCCCCCCCCCCCC(=O)NCCCCC(COO)NC(=O)OC(C)(C)C. The smallest absolute Gasteiger partial charge is 0.407 e. The van der Waals surface area contributed by atoms with Crippen molar-refractivity contribution < 1.29 is 24.5 Å². The number of nitrogens with one attached hydrogen (secondary N) is 2. The van der Waals surface area contributed by atoms with Gasteiger partial charge in [-0.25, -0.2) is 9.68 Å². The molecule has 0 aliphatic carbocycles. The summed E-state index contributed by atoms with van der Waals surface area (Å²) in [7, 11) is 0. The molecule has 34 heavy (non-hydrogen) atoms. The second-order valence-corrected chi connectivity index (χ2v) is 10.5. The highest BCUT2D eigenvalue weighted by atomic mass is 17.1. The third kappa shape index (κ3) is 23.8. The Bertz CT molecular complexity index is 494. The summed E-state index contributed by atoms with van der Waals surface area (Å²) in [5.74, 6) is 0.116. The third-order valence-corrected chi connectivity index (χ3v) is 5.81. The van der Waals surface area contributed by atoms with Gasteiger partial charge in [0.25, 0.3) is 0 Å². The van der Waals surface area contributed by atoms with Crippen LogP contribution in [0.3, 0.4) is 0 Å². The first kappa shape index (κ1) is 32.7. The lowest BCUT2D eigenvalue weighted by atomic mass is 10.0. The Balaban J connectivity index is 3.58. The zero-order valence-corrected chi connectivity index (χ0v) is 22.6. The van der Waals surface area contributed by atoms with Crippen LogP contribution in [-0.4, -0.2) is 42.1 Å². The molecule has 0 fully saturated rings. The van der Waals surface area contributed by atoms with E-state index in [1.807, 2.05) is 0 Å². The first-order valence-electron chi connectivity index (χ1n) is 13.8. The minimum Gasteiger partial charge on any atom is -0.444 e. The van der Waals surface area contributed by atoms with Crippen molar-refractivity contribution in [1.29, 1.82) is 0 Å². The maximum atomic E-state index is 12.0. The van der Waals surface area contributed by atoms with Gasteiger partial charge in [-0.1, -0.05) is 84.0 Å². The number of carbonyl (C=O) groups excluding carboxylic acids is 2. The molecule has 0 aromatic rings. The molecule has 0 aliphatic rings. The molecular weight excluding hydrogens is 432 g/mol. The summed E-state index contributed by atoms with van der Waals surface area (Å²) >= 11 is 0. The minimum absolute atomic E-state index is 0.00461. The number of hydrogen-bond donors (Lipinski definition) is 3. The number of hydrogen-bond acceptors (Lipinski definition) is 5. The second-order valence-electron chi connectivity index (χ2n) is 10.5. The number of unbranched alkanes of at least 4 members (excludes halogenated alkanes) is 13. The molecule has 7 heteroatoms. The van der Waals surface area contributed by atoms with Gasteiger partial charge in [0.05, 0.1) is 6.04 Å². The van der Waals surface area contributed by atoms with Crippen LogP contribution in [-0.2, 0) is 14.4 Å². The summed E-state index contributed by atoms with van der Waals surface area (Å²) in [5.41, 5.74) is -0.577. The number of amides is 2. The van der Waals surface area contributed by atoms with E-state index < -0.39 is 11.7 Å². The van der Waals surface area contributed by atoms with Crippen LogP contribution in [0.2, 0.25) is 0 Å². The molecule has 3 N–H and O–H groups in total. The largest absolute Gasteiger partial charge is 0.444 e. The van der Waals surface area contributed by atoms with Gasteiger partial charge in [-0.3, -0.25) is 10.1 Å². The number of alkyl carbamates (subject to hydrolysis) is 1. The Morgan fingerprint density at radius 2 is 1.32 bits per heavy atom. The first-order valence-corrected chi connectivity index (χ1v) is 13.8. The molecule has 0 radical (unpaired) electrons. The van der Waals surface area contributed by atoms with Crippen molar-refractivity contribution in [3.63, 3.8) is 0 Å². The normalized spacial score (nSPS) is 12.4. The van der Waals surface area contributed by atoms with Gasteiger partial charge in [-0.15, -0.1) is 0 Å². The van der Waals surface area contributed by atoms with Crippen molar-refractivity contribution in [2.45, 2.75) is 148 Å². The Hall–Kier alpha value is -1.34. The van der Waals surface area contributed by atoms with Gasteiger partial charge in [0.1, 0.15) is 12.2 Å². The Kier molecular flexibility index (Phi) is 21.3. The highest BCUT2D eigenvalue weighted by molar-refractivity contribution is 5.75. The summed E-state index contributed by atoms with van der Waals surface area (Å²) in [4.78, 5) is 28.0. The molecule has 0 heterocycles. The fourth-order valence-electron chi connectivity index (χ4n) is 3.90. The van der Waals surface area contributed by atoms with Crippen LogP contribution < -0.4 is 10.6 Å². The Labute approximate surface area is 209 Å². The fraction of sp³-hybridized carbons (Fsp3) is 0.926. The van der Waals surface area contributed by atoms with Gasteiger partial charge in [0.15, 0.2) is 0 Å². The van der Waals surface area contributed by atoms with Gasteiger partial charge >= 0.3 is 6.09 Å². The number of carbonyl (C=O) groups is 2. The maximum absolute atomic E-state index is 12.0. The van der Waals surface area contributed by atoms with Crippen molar-refractivity contribution in [3.8, 4) is 0 Å². The second kappa shape index (κ2) is 22.1. The van der Waals surface area contributed by atoms with Crippen molar-refractivity contribution in [2.24, 2.45) is 0 Å². The van der Waals surface area contributed by atoms with E-state index in [9.17, 15) is 9.59 Å².